The third kappa shape index (κ3) is 15.9. The minimum atomic E-state index is 0.0449. The zero-order valence-corrected chi connectivity index (χ0v) is 49.2. The highest BCUT2D eigenvalue weighted by Crippen LogP contribution is 2.45. The number of aromatic nitrogens is 2. The lowest BCUT2D eigenvalue weighted by Gasteiger charge is -2.25. The molecule has 0 aliphatic carbocycles. The smallest absolute Gasteiger partial charge is 0.189 e. The molecule has 0 spiro atoms. The fourth-order valence-electron chi connectivity index (χ4n) is 9.32. The van der Waals surface area contributed by atoms with Gasteiger partial charge in [0.15, 0.2) is 13.6 Å². The third-order valence-corrected chi connectivity index (χ3v) is 13.5. The van der Waals surface area contributed by atoms with Crippen molar-refractivity contribution in [3.8, 4) is 22.8 Å². The molecular formula is C63H73Cl5N2O4. The summed E-state index contributed by atoms with van der Waals surface area (Å²) in [7, 11) is 0. The molecule has 0 radical (unpaired) electrons. The molecular weight excluding hydrogens is 1030 g/mol. The summed E-state index contributed by atoms with van der Waals surface area (Å²) in [6, 6.07) is 29.1. The summed E-state index contributed by atoms with van der Waals surface area (Å²) < 4.78 is 23.5. The van der Waals surface area contributed by atoms with Gasteiger partial charge in [0.2, 0.25) is 0 Å². The van der Waals surface area contributed by atoms with Gasteiger partial charge in [-0.25, -0.2) is 4.98 Å². The number of halogens is 5. The number of pyridine rings is 2. The van der Waals surface area contributed by atoms with Crippen molar-refractivity contribution in [3.05, 3.63) is 150 Å². The van der Waals surface area contributed by atoms with Crippen LogP contribution in [0, 0.1) is 29.6 Å². The molecule has 0 aliphatic heterocycles. The SMILES string of the molecule is CCOCOc1c(-c2nccc3cc(Cl)cc(Cl)c23)cc2cc(CC(C)C)ccc2c1CC(C)(C)C.CCOCOc1c(C)cc2cc(CC(C)C)ccc2c1CC(C)(C)C.Clc1cc(Cl)c2c(Cl)nccc2c1. The van der Waals surface area contributed by atoms with Crippen LogP contribution < -0.4 is 9.47 Å². The lowest BCUT2D eigenvalue weighted by Crippen LogP contribution is -2.13. The van der Waals surface area contributed by atoms with E-state index < -0.39 is 0 Å². The van der Waals surface area contributed by atoms with Crippen LogP contribution in [0.5, 0.6) is 11.5 Å². The Morgan fingerprint density at radius 2 is 0.973 bits per heavy atom. The molecule has 0 fully saturated rings. The molecule has 6 aromatic carbocycles. The number of ether oxygens (including phenoxy) is 4. The average molecular weight is 1100 g/mol. The summed E-state index contributed by atoms with van der Waals surface area (Å²) in [4.78, 5) is 8.76. The summed E-state index contributed by atoms with van der Waals surface area (Å²) in [6.45, 7) is 30.4. The molecule has 11 heteroatoms. The number of hydrogen-bond donors (Lipinski definition) is 0. The lowest BCUT2D eigenvalue weighted by molar-refractivity contribution is 0.0212. The Kier molecular flexibility index (Phi) is 20.8. The maximum atomic E-state index is 6.75. The standard InChI is InChI=1S/C31H35Cl2NO2.C23H34O2.C9H4Cl3N/c1-7-35-18-36-30-25(29-28-21(10-11-34-29)14-23(32)16-27(28)33)15-22-13-20(12-19(2)3)8-9-24(22)26(30)17-31(4,5)6;1-8-24-15-25-22-17(4)12-19-13-18(11-16(2)3)9-10-20(19)21(22)14-23(5,6)7;10-6-3-5-1-2-13-9(12)8(5)7(11)4-6/h8-11,13-16,19H,7,12,17-18H2,1-6H3;9-10,12-13,16H,8,11,14-15H2,1-7H3;1-4H. The van der Waals surface area contributed by atoms with Gasteiger partial charge in [0.05, 0.1) is 15.7 Å². The molecule has 8 rings (SSSR count). The van der Waals surface area contributed by atoms with E-state index in [1.807, 2.05) is 32.0 Å². The van der Waals surface area contributed by atoms with Gasteiger partial charge in [0.25, 0.3) is 0 Å². The van der Waals surface area contributed by atoms with E-state index in [0.29, 0.717) is 57.1 Å². The van der Waals surface area contributed by atoms with Crippen molar-refractivity contribution in [1.82, 2.24) is 9.97 Å². The quantitative estimate of drug-likeness (QED) is 0.0579. The van der Waals surface area contributed by atoms with Crippen molar-refractivity contribution in [2.45, 2.75) is 116 Å². The molecule has 2 aromatic heterocycles. The fraction of sp³-hybridized carbons (Fsp3) is 0.397. The number of aryl methyl sites for hydroxylation is 1. The highest BCUT2D eigenvalue weighted by atomic mass is 35.5. The van der Waals surface area contributed by atoms with Crippen LogP contribution in [0.15, 0.2) is 97.3 Å². The maximum absolute atomic E-state index is 6.75. The fourth-order valence-corrected chi connectivity index (χ4v) is 10.8. The van der Waals surface area contributed by atoms with E-state index in [1.165, 1.54) is 43.8 Å². The average Bonchev–Trinajstić information content (AvgIpc) is 3.29. The van der Waals surface area contributed by atoms with Crippen LogP contribution in [0.1, 0.15) is 111 Å². The van der Waals surface area contributed by atoms with E-state index in [-0.39, 0.29) is 17.6 Å². The van der Waals surface area contributed by atoms with Crippen LogP contribution in [0.2, 0.25) is 25.2 Å². The largest absolute Gasteiger partial charge is 0.467 e. The lowest BCUT2D eigenvalue weighted by atomic mass is 9.83. The van der Waals surface area contributed by atoms with Crippen molar-refractivity contribution in [2.24, 2.45) is 22.7 Å². The van der Waals surface area contributed by atoms with E-state index in [0.717, 1.165) is 75.5 Å². The Balaban J connectivity index is 0.000000202. The van der Waals surface area contributed by atoms with Gasteiger partial charge in [0, 0.05) is 63.1 Å². The van der Waals surface area contributed by atoms with Gasteiger partial charge in [-0.15, -0.1) is 0 Å². The van der Waals surface area contributed by atoms with E-state index in [9.17, 15) is 0 Å². The molecule has 394 valence electrons. The number of nitrogens with zero attached hydrogens (tertiary/aromatic N) is 2. The minimum absolute atomic E-state index is 0.0449. The Bertz CT molecular complexity index is 3210. The second kappa shape index (κ2) is 26.1. The minimum Gasteiger partial charge on any atom is -0.467 e. The predicted octanol–water partition coefficient (Wildman–Crippen LogP) is 20.0. The summed E-state index contributed by atoms with van der Waals surface area (Å²) in [5.74, 6) is 3.04. The van der Waals surface area contributed by atoms with E-state index in [2.05, 4.69) is 130 Å². The number of rotatable bonds is 15. The van der Waals surface area contributed by atoms with Gasteiger partial charge in [-0.1, -0.05) is 164 Å². The molecule has 2 heterocycles. The Hall–Kier alpha value is -4.37. The van der Waals surface area contributed by atoms with Crippen molar-refractivity contribution in [3.63, 3.8) is 0 Å². The molecule has 0 unspecified atom stereocenters. The van der Waals surface area contributed by atoms with Crippen LogP contribution in [0.4, 0.5) is 0 Å². The van der Waals surface area contributed by atoms with Gasteiger partial charge in [-0.05, 0) is 167 Å². The van der Waals surface area contributed by atoms with Crippen LogP contribution in [0.25, 0.3) is 54.3 Å². The first-order chi connectivity index (χ1) is 35.0. The summed E-state index contributed by atoms with van der Waals surface area (Å²) in [5.41, 5.74) is 8.33. The Morgan fingerprint density at radius 3 is 1.47 bits per heavy atom. The van der Waals surface area contributed by atoms with Gasteiger partial charge in [0.1, 0.15) is 16.7 Å². The van der Waals surface area contributed by atoms with Gasteiger partial charge >= 0.3 is 0 Å². The molecule has 0 bridgehead atoms. The normalized spacial score (nSPS) is 11.9. The number of benzene rings is 6. The van der Waals surface area contributed by atoms with Crippen molar-refractivity contribution < 1.29 is 18.9 Å². The summed E-state index contributed by atoms with van der Waals surface area (Å²) in [6.07, 6.45) is 7.39. The topological polar surface area (TPSA) is 62.7 Å². The van der Waals surface area contributed by atoms with Gasteiger partial charge in [-0.3, -0.25) is 4.98 Å². The number of fused-ring (bicyclic) bond motifs is 4. The first-order valence-corrected chi connectivity index (χ1v) is 27.5. The van der Waals surface area contributed by atoms with Crippen molar-refractivity contribution in [1.29, 1.82) is 0 Å². The molecule has 6 nitrogen and oxygen atoms in total. The summed E-state index contributed by atoms with van der Waals surface area (Å²) in [5, 5.41) is 11.1. The maximum Gasteiger partial charge on any atom is 0.189 e. The molecule has 0 saturated carbocycles. The Labute approximate surface area is 465 Å². The van der Waals surface area contributed by atoms with E-state index >= 15 is 0 Å². The second-order valence-electron chi connectivity index (χ2n) is 22.3. The van der Waals surface area contributed by atoms with Crippen LogP contribution in [0.3, 0.4) is 0 Å². The number of hydrogen-bond acceptors (Lipinski definition) is 6. The van der Waals surface area contributed by atoms with Crippen molar-refractivity contribution >= 4 is 101 Å². The van der Waals surface area contributed by atoms with E-state index in [4.69, 9.17) is 81.9 Å². The highest BCUT2D eigenvalue weighted by Gasteiger charge is 2.25. The van der Waals surface area contributed by atoms with E-state index in [1.54, 1.807) is 30.6 Å². The first-order valence-electron chi connectivity index (χ1n) is 25.6. The monoisotopic (exact) mass is 1100 g/mol. The third-order valence-electron chi connectivity index (χ3n) is 12.2. The molecule has 0 amide bonds. The van der Waals surface area contributed by atoms with Crippen LogP contribution in [-0.2, 0) is 35.2 Å². The first kappa shape index (κ1) is 58.9. The predicted molar refractivity (Wildman–Crippen MR) is 318 cm³/mol. The molecule has 0 saturated heterocycles. The zero-order chi connectivity index (χ0) is 54.1. The van der Waals surface area contributed by atoms with Crippen molar-refractivity contribution in [2.75, 3.05) is 26.8 Å². The summed E-state index contributed by atoms with van der Waals surface area (Å²) >= 11 is 30.7. The van der Waals surface area contributed by atoms with Crippen LogP contribution in [-0.4, -0.2) is 36.8 Å². The highest BCUT2D eigenvalue weighted by molar-refractivity contribution is 6.43. The van der Waals surface area contributed by atoms with Gasteiger partial charge in [-0.2, -0.15) is 0 Å². The molecule has 0 atom stereocenters. The molecule has 74 heavy (non-hydrogen) atoms. The van der Waals surface area contributed by atoms with Crippen LogP contribution >= 0.6 is 58.0 Å². The molecule has 0 aliphatic rings. The molecule has 0 N–H and O–H groups in total. The van der Waals surface area contributed by atoms with Gasteiger partial charge < -0.3 is 18.9 Å². The zero-order valence-electron chi connectivity index (χ0n) is 45.5. The second-order valence-corrected chi connectivity index (χ2v) is 24.3. The Morgan fingerprint density at radius 1 is 0.514 bits per heavy atom. The molecule has 8 aromatic rings.